The van der Waals surface area contributed by atoms with E-state index in [1.807, 2.05) is 0 Å². The van der Waals surface area contributed by atoms with E-state index in [2.05, 4.69) is 4.52 Å². The van der Waals surface area contributed by atoms with Crippen LogP contribution in [0.2, 0.25) is 0 Å². The molecule has 0 aliphatic heterocycles. The fourth-order valence-electron chi connectivity index (χ4n) is 0.758. The van der Waals surface area contributed by atoms with E-state index in [9.17, 15) is 18.1 Å². The number of hydrogen-bond acceptors (Lipinski definition) is 3. The fraction of sp³-hybridized carbons (Fsp3) is 0.857. The van der Waals surface area contributed by atoms with Gasteiger partial charge in [-0.3, -0.25) is 4.79 Å². The maximum Gasteiger partial charge on any atom is 0.695 e. The van der Waals surface area contributed by atoms with Gasteiger partial charge in [0.05, 0.1) is 0 Å². The van der Waals surface area contributed by atoms with Crippen LogP contribution < -0.4 is 0 Å². The summed E-state index contributed by atoms with van der Waals surface area (Å²) in [5.74, 6) is -4.91. The van der Waals surface area contributed by atoms with Crippen molar-refractivity contribution in [1.82, 2.24) is 0 Å². The van der Waals surface area contributed by atoms with Gasteiger partial charge < -0.3 is 0 Å². The Morgan fingerprint density at radius 3 is 2.57 bits per heavy atom. The summed E-state index contributed by atoms with van der Waals surface area (Å²) in [6.07, 6.45) is 0.232. The predicted molar refractivity (Wildman–Crippen MR) is 45.3 cm³/mol. The molecule has 0 saturated heterocycles. The lowest BCUT2D eigenvalue weighted by Gasteiger charge is -2.11. The highest BCUT2D eigenvalue weighted by Crippen LogP contribution is 2.24. The minimum absolute atomic E-state index is 0.226. The summed E-state index contributed by atoms with van der Waals surface area (Å²) in [7, 11) is -3.00. The molecular formula is C7H12F2O4P+. The van der Waals surface area contributed by atoms with Gasteiger partial charge in [-0.15, -0.1) is 9.42 Å². The van der Waals surface area contributed by atoms with E-state index < -0.39 is 33.0 Å². The Morgan fingerprint density at radius 2 is 2.14 bits per heavy atom. The molecule has 0 saturated carbocycles. The Hall–Kier alpha value is -0.450. The van der Waals surface area contributed by atoms with Crippen LogP contribution in [0, 0.1) is 0 Å². The van der Waals surface area contributed by atoms with Gasteiger partial charge in [0.15, 0.2) is 6.61 Å². The van der Waals surface area contributed by atoms with Gasteiger partial charge in [0.25, 0.3) is 0 Å². The quantitative estimate of drug-likeness (QED) is 0.678. The van der Waals surface area contributed by atoms with Crippen molar-refractivity contribution in [2.45, 2.75) is 32.1 Å². The summed E-state index contributed by atoms with van der Waals surface area (Å²) in [5.41, 5.74) is 0. The molecule has 4 nitrogen and oxygen atoms in total. The molecule has 14 heavy (non-hydrogen) atoms. The molecule has 1 atom stereocenters. The molecule has 0 radical (unpaired) electrons. The summed E-state index contributed by atoms with van der Waals surface area (Å²) < 4.78 is 39.6. The van der Waals surface area contributed by atoms with Crippen LogP contribution >= 0.6 is 8.25 Å². The zero-order valence-corrected chi connectivity index (χ0v) is 8.60. The third-order valence-electron chi connectivity index (χ3n) is 1.56. The first-order chi connectivity index (χ1) is 6.40. The normalized spacial score (nSPS) is 12.7. The van der Waals surface area contributed by atoms with Crippen molar-refractivity contribution in [3.63, 3.8) is 0 Å². The minimum Gasteiger partial charge on any atom is -0.290 e. The Morgan fingerprint density at radius 1 is 1.57 bits per heavy atom. The van der Waals surface area contributed by atoms with Gasteiger partial charge >= 0.3 is 14.2 Å². The molecule has 0 fully saturated rings. The van der Waals surface area contributed by atoms with Gasteiger partial charge in [-0.05, 0) is 6.42 Å². The van der Waals surface area contributed by atoms with E-state index in [1.165, 1.54) is 0 Å². The lowest BCUT2D eigenvalue weighted by molar-refractivity contribution is -0.146. The highest BCUT2D eigenvalue weighted by molar-refractivity contribution is 7.32. The molecule has 0 aromatic rings. The largest absolute Gasteiger partial charge is 0.695 e. The average molecular weight is 229 g/mol. The molecule has 7 heteroatoms. The fourth-order valence-corrected chi connectivity index (χ4v) is 0.985. The monoisotopic (exact) mass is 229 g/mol. The van der Waals surface area contributed by atoms with Crippen molar-refractivity contribution >= 4 is 14.0 Å². The first-order valence-corrected chi connectivity index (χ1v) is 5.23. The molecule has 0 spiro atoms. The van der Waals surface area contributed by atoms with Crippen LogP contribution in [0.4, 0.5) is 8.78 Å². The van der Waals surface area contributed by atoms with E-state index in [0.717, 1.165) is 0 Å². The standard InChI is InChI=1S/C7H11F2O4P/c1-2-3-4-7(8,9)6(10)5-13-14(11)12/h2-5H2,1H3/p+1. The van der Waals surface area contributed by atoms with E-state index >= 15 is 0 Å². The number of ketones is 1. The maximum atomic E-state index is 12.8. The first-order valence-electron chi connectivity index (χ1n) is 4.10. The van der Waals surface area contributed by atoms with Crippen molar-refractivity contribution in [2.24, 2.45) is 0 Å². The second kappa shape index (κ2) is 6.11. The molecule has 0 aromatic carbocycles. The van der Waals surface area contributed by atoms with Crippen molar-refractivity contribution in [3.05, 3.63) is 0 Å². The Kier molecular flexibility index (Phi) is 5.92. The maximum absolute atomic E-state index is 12.8. The van der Waals surface area contributed by atoms with E-state index in [4.69, 9.17) is 4.89 Å². The molecule has 0 amide bonds. The van der Waals surface area contributed by atoms with Crippen molar-refractivity contribution in [1.29, 1.82) is 0 Å². The van der Waals surface area contributed by atoms with Crippen LogP contribution in [-0.4, -0.2) is 23.2 Å². The molecule has 0 aromatic heterocycles. The van der Waals surface area contributed by atoms with Gasteiger partial charge in [0.2, 0.25) is 5.78 Å². The minimum atomic E-state index is -3.46. The number of carbonyl (C=O) groups excluding carboxylic acids is 1. The van der Waals surface area contributed by atoms with Crippen molar-refractivity contribution in [3.8, 4) is 0 Å². The zero-order chi connectivity index (χ0) is 11.2. The number of Topliss-reactive ketones (excluding diaryl/α,β-unsaturated/α-hetero) is 1. The highest BCUT2D eigenvalue weighted by Gasteiger charge is 2.39. The lowest BCUT2D eigenvalue weighted by atomic mass is 10.1. The van der Waals surface area contributed by atoms with E-state index in [0.29, 0.717) is 6.42 Å². The van der Waals surface area contributed by atoms with Crippen molar-refractivity contribution in [2.75, 3.05) is 6.61 Å². The number of halogens is 2. The Labute approximate surface area is 81.2 Å². The second-order valence-corrected chi connectivity index (χ2v) is 3.48. The highest BCUT2D eigenvalue weighted by atomic mass is 31.1. The molecule has 0 rings (SSSR count). The van der Waals surface area contributed by atoms with Crippen LogP contribution in [0.25, 0.3) is 0 Å². The van der Waals surface area contributed by atoms with Gasteiger partial charge in [-0.25, -0.2) is 0 Å². The molecule has 0 aliphatic carbocycles. The van der Waals surface area contributed by atoms with Crippen LogP contribution in [0.1, 0.15) is 26.2 Å². The van der Waals surface area contributed by atoms with Crippen LogP contribution in [0.3, 0.4) is 0 Å². The van der Waals surface area contributed by atoms with Crippen LogP contribution in [0.15, 0.2) is 0 Å². The van der Waals surface area contributed by atoms with Gasteiger partial charge in [-0.1, -0.05) is 13.3 Å². The summed E-state index contributed by atoms with van der Waals surface area (Å²) in [6, 6.07) is 0. The van der Waals surface area contributed by atoms with Gasteiger partial charge in [-0.2, -0.15) is 8.78 Å². The third-order valence-corrected chi connectivity index (χ3v) is 1.91. The Bertz CT molecular complexity index is 220. The smallest absolute Gasteiger partial charge is 0.290 e. The Balaban J connectivity index is 4.00. The predicted octanol–water partition coefficient (Wildman–Crippen LogP) is 2.05. The molecule has 0 bridgehead atoms. The topological polar surface area (TPSA) is 63.6 Å². The third kappa shape index (κ3) is 5.32. The SMILES string of the molecule is CCCCC(F)(F)C(=O)CO[P+](=O)O. The number of rotatable bonds is 7. The summed E-state index contributed by atoms with van der Waals surface area (Å²) in [4.78, 5) is 18.9. The first kappa shape index (κ1) is 13.5. The van der Waals surface area contributed by atoms with E-state index in [-0.39, 0.29) is 6.42 Å². The molecule has 0 heterocycles. The van der Waals surface area contributed by atoms with Crippen molar-refractivity contribution < 1.29 is 27.6 Å². The van der Waals surface area contributed by atoms with Crippen LogP contribution in [0.5, 0.6) is 0 Å². The number of carbonyl (C=O) groups is 1. The summed E-state index contributed by atoms with van der Waals surface area (Å²) in [5, 5.41) is 0. The van der Waals surface area contributed by atoms with Gasteiger partial charge in [0, 0.05) is 11.0 Å². The number of unbranched alkanes of at least 4 members (excludes halogenated alkanes) is 1. The van der Waals surface area contributed by atoms with E-state index in [1.54, 1.807) is 6.92 Å². The molecule has 0 aliphatic rings. The molecule has 1 unspecified atom stereocenters. The summed E-state index contributed by atoms with van der Waals surface area (Å²) >= 11 is 0. The summed E-state index contributed by atoms with van der Waals surface area (Å²) in [6.45, 7) is 0.699. The second-order valence-electron chi connectivity index (χ2n) is 2.74. The number of alkyl halides is 2. The molecule has 1 N–H and O–H groups in total. The zero-order valence-electron chi connectivity index (χ0n) is 7.70. The lowest BCUT2D eigenvalue weighted by Crippen LogP contribution is -2.31. The number of hydrogen-bond donors (Lipinski definition) is 1. The average Bonchev–Trinajstić information content (AvgIpc) is 2.10. The molecular weight excluding hydrogens is 217 g/mol. The molecule has 82 valence electrons. The van der Waals surface area contributed by atoms with Gasteiger partial charge in [0.1, 0.15) is 0 Å². The van der Waals surface area contributed by atoms with Crippen LogP contribution in [-0.2, 0) is 13.9 Å².